The first-order valence-electron chi connectivity index (χ1n) is 7.65. The van der Waals surface area contributed by atoms with Crippen LogP contribution in [0, 0.1) is 12.8 Å². The Bertz CT molecular complexity index is 639. The van der Waals surface area contributed by atoms with Crippen molar-refractivity contribution in [2.24, 2.45) is 11.7 Å². The van der Waals surface area contributed by atoms with E-state index in [2.05, 4.69) is 11.4 Å². The Labute approximate surface area is 124 Å². The van der Waals surface area contributed by atoms with Crippen LogP contribution in [0.15, 0.2) is 28.7 Å². The van der Waals surface area contributed by atoms with Gasteiger partial charge in [0.1, 0.15) is 11.3 Å². The minimum atomic E-state index is -0.148. The van der Waals surface area contributed by atoms with Gasteiger partial charge in [0.15, 0.2) is 0 Å². The van der Waals surface area contributed by atoms with Gasteiger partial charge in [-0.05, 0) is 38.7 Å². The topological polar surface area (TPSA) is 68.3 Å². The van der Waals surface area contributed by atoms with Crippen LogP contribution in [-0.2, 0) is 11.3 Å². The van der Waals surface area contributed by atoms with Crippen LogP contribution in [0.25, 0.3) is 11.0 Å². The fourth-order valence-corrected chi connectivity index (χ4v) is 3.27. The molecule has 3 N–H and O–H groups in total. The number of amides is 1. The van der Waals surface area contributed by atoms with Gasteiger partial charge < -0.3 is 15.5 Å². The van der Waals surface area contributed by atoms with Crippen molar-refractivity contribution in [3.63, 3.8) is 0 Å². The Morgan fingerprint density at radius 3 is 2.71 bits per heavy atom. The van der Waals surface area contributed by atoms with Crippen LogP contribution in [0.3, 0.4) is 0 Å². The third-order valence-corrected chi connectivity index (χ3v) is 4.60. The number of hydrogen-bond acceptors (Lipinski definition) is 3. The molecule has 2 aromatic rings. The number of hydrogen-bond donors (Lipinski definition) is 2. The van der Waals surface area contributed by atoms with Crippen molar-refractivity contribution in [1.29, 1.82) is 0 Å². The summed E-state index contributed by atoms with van der Waals surface area (Å²) < 4.78 is 5.79. The standard InChI is InChI=1S/C17H22N2O2/c1-11-15(14-4-2-3-5-16(14)21-11)10-19-13-8-6-12(7-9-13)17(18)20/h2-5,12-13,19H,6-10H2,1H3,(H2,18,20). The maximum absolute atomic E-state index is 11.2. The first kappa shape index (κ1) is 14.1. The number of aryl methyl sites for hydroxylation is 1. The molecule has 1 saturated carbocycles. The molecular weight excluding hydrogens is 264 g/mol. The lowest BCUT2D eigenvalue weighted by Gasteiger charge is -2.27. The van der Waals surface area contributed by atoms with E-state index in [0.29, 0.717) is 6.04 Å². The van der Waals surface area contributed by atoms with Gasteiger partial charge in [-0.15, -0.1) is 0 Å². The zero-order valence-electron chi connectivity index (χ0n) is 12.4. The summed E-state index contributed by atoms with van der Waals surface area (Å²) in [4.78, 5) is 11.2. The molecule has 0 aliphatic heterocycles. The molecule has 0 bridgehead atoms. The van der Waals surface area contributed by atoms with Crippen LogP contribution < -0.4 is 11.1 Å². The molecule has 4 nitrogen and oxygen atoms in total. The molecule has 1 aliphatic carbocycles. The summed E-state index contributed by atoms with van der Waals surface area (Å²) in [6, 6.07) is 8.61. The molecule has 4 heteroatoms. The Kier molecular flexibility index (Phi) is 3.97. The van der Waals surface area contributed by atoms with Crippen LogP contribution in [-0.4, -0.2) is 11.9 Å². The van der Waals surface area contributed by atoms with E-state index in [9.17, 15) is 4.79 Å². The molecule has 0 atom stereocenters. The second kappa shape index (κ2) is 5.90. The minimum absolute atomic E-state index is 0.0690. The number of carbonyl (C=O) groups is 1. The van der Waals surface area contributed by atoms with Crippen molar-refractivity contribution in [2.75, 3.05) is 0 Å². The van der Waals surface area contributed by atoms with Crippen molar-refractivity contribution < 1.29 is 9.21 Å². The highest BCUT2D eigenvalue weighted by atomic mass is 16.3. The maximum Gasteiger partial charge on any atom is 0.220 e. The highest BCUT2D eigenvalue weighted by molar-refractivity contribution is 5.82. The number of rotatable bonds is 4. The van der Waals surface area contributed by atoms with Crippen LogP contribution in [0.2, 0.25) is 0 Å². The second-order valence-corrected chi connectivity index (χ2v) is 5.96. The number of primary amides is 1. The van der Waals surface area contributed by atoms with Gasteiger partial charge in [0.2, 0.25) is 5.91 Å². The van der Waals surface area contributed by atoms with E-state index in [-0.39, 0.29) is 11.8 Å². The molecule has 1 fully saturated rings. The third-order valence-electron chi connectivity index (χ3n) is 4.60. The highest BCUT2D eigenvalue weighted by Crippen LogP contribution is 2.27. The van der Waals surface area contributed by atoms with Crippen LogP contribution >= 0.6 is 0 Å². The Morgan fingerprint density at radius 1 is 1.29 bits per heavy atom. The molecule has 1 aliphatic rings. The molecule has 1 aromatic heterocycles. The van der Waals surface area contributed by atoms with Crippen molar-refractivity contribution >= 4 is 16.9 Å². The smallest absolute Gasteiger partial charge is 0.220 e. The van der Waals surface area contributed by atoms with Gasteiger partial charge in [0.25, 0.3) is 0 Å². The molecule has 0 spiro atoms. The zero-order chi connectivity index (χ0) is 14.8. The second-order valence-electron chi connectivity index (χ2n) is 5.96. The minimum Gasteiger partial charge on any atom is -0.461 e. The molecule has 0 unspecified atom stereocenters. The third kappa shape index (κ3) is 2.95. The normalized spacial score (nSPS) is 22.5. The average Bonchev–Trinajstić information content (AvgIpc) is 2.81. The summed E-state index contributed by atoms with van der Waals surface area (Å²) in [7, 11) is 0. The molecule has 1 aromatic carbocycles. The van der Waals surface area contributed by atoms with Crippen molar-refractivity contribution in [2.45, 2.75) is 45.2 Å². The number of carbonyl (C=O) groups excluding carboxylic acids is 1. The summed E-state index contributed by atoms with van der Waals surface area (Å²) in [5.74, 6) is 0.902. The summed E-state index contributed by atoms with van der Waals surface area (Å²) in [6.45, 7) is 2.83. The number of nitrogens with one attached hydrogen (secondary N) is 1. The van der Waals surface area contributed by atoms with Gasteiger partial charge in [-0.2, -0.15) is 0 Å². The lowest BCUT2D eigenvalue weighted by atomic mass is 9.85. The van der Waals surface area contributed by atoms with E-state index >= 15 is 0 Å². The van der Waals surface area contributed by atoms with Crippen LogP contribution in [0.1, 0.15) is 37.0 Å². The SMILES string of the molecule is Cc1oc2ccccc2c1CNC1CCC(C(N)=O)CC1. The fraction of sp³-hybridized carbons (Fsp3) is 0.471. The lowest BCUT2D eigenvalue weighted by Crippen LogP contribution is -2.36. The Hall–Kier alpha value is -1.81. The molecule has 0 saturated heterocycles. The Balaban J connectivity index is 1.62. The average molecular weight is 286 g/mol. The van der Waals surface area contributed by atoms with E-state index in [1.807, 2.05) is 25.1 Å². The zero-order valence-corrected chi connectivity index (χ0v) is 12.4. The molecule has 1 amide bonds. The quantitative estimate of drug-likeness (QED) is 0.908. The first-order valence-corrected chi connectivity index (χ1v) is 7.65. The largest absolute Gasteiger partial charge is 0.461 e. The number of fused-ring (bicyclic) bond motifs is 1. The van der Waals surface area contributed by atoms with Crippen molar-refractivity contribution in [3.8, 4) is 0 Å². The Morgan fingerprint density at radius 2 is 2.00 bits per heavy atom. The number of furan rings is 1. The predicted octanol–water partition coefficient (Wildman–Crippen LogP) is 2.87. The fourth-order valence-electron chi connectivity index (χ4n) is 3.27. The van der Waals surface area contributed by atoms with E-state index in [0.717, 1.165) is 43.6 Å². The van der Waals surface area contributed by atoms with E-state index < -0.39 is 0 Å². The predicted molar refractivity (Wildman–Crippen MR) is 82.7 cm³/mol. The van der Waals surface area contributed by atoms with Gasteiger partial charge in [-0.25, -0.2) is 0 Å². The summed E-state index contributed by atoms with van der Waals surface area (Å²) in [6.07, 6.45) is 3.83. The molecule has 0 radical (unpaired) electrons. The maximum atomic E-state index is 11.2. The first-order chi connectivity index (χ1) is 10.1. The number of nitrogens with two attached hydrogens (primary N) is 1. The number of benzene rings is 1. The lowest BCUT2D eigenvalue weighted by molar-refractivity contribution is -0.122. The van der Waals surface area contributed by atoms with Gasteiger partial charge in [-0.3, -0.25) is 4.79 Å². The van der Waals surface area contributed by atoms with Crippen molar-refractivity contribution in [3.05, 3.63) is 35.6 Å². The molecule has 1 heterocycles. The van der Waals surface area contributed by atoms with Gasteiger partial charge in [0.05, 0.1) is 0 Å². The van der Waals surface area contributed by atoms with Gasteiger partial charge >= 0.3 is 0 Å². The van der Waals surface area contributed by atoms with Gasteiger partial charge in [0, 0.05) is 29.5 Å². The van der Waals surface area contributed by atoms with Crippen molar-refractivity contribution in [1.82, 2.24) is 5.32 Å². The van der Waals surface area contributed by atoms with E-state index in [1.54, 1.807) is 0 Å². The van der Waals surface area contributed by atoms with Crippen LogP contribution in [0.4, 0.5) is 0 Å². The highest BCUT2D eigenvalue weighted by Gasteiger charge is 2.24. The van der Waals surface area contributed by atoms with E-state index in [1.165, 1.54) is 10.9 Å². The summed E-state index contributed by atoms with van der Waals surface area (Å²) in [5.41, 5.74) is 7.56. The molecule has 21 heavy (non-hydrogen) atoms. The monoisotopic (exact) mass is 286 g/mol. The number of para-hydroxylation sites is 1. The summed E-state index contributed by atoms with van der Waals surface area (Å²) >= 11 is 0. The molecule has 3 rings (SSSR count). The molecule has 112 valence electrons. The molecular formula is C17H22N2O2. The van der Waals surface area contributed by atoms with Gasteiger partial charge in [-0.1, -0.05) is 18.2 Å². The van der Waals surface area contributed by atoms with E-state index in [4.69, 9.17) is 10.2 Å². The van der Waals surface area contributed by atoms with Crippen LogP contribution in [0.5, 0.6) is 0 Å². The summed E-state index contributed by atoms with van der Waals surface area (Å²) in [5, 5.41) is 4.79.